The highest BCUT2D eigenvalue weighted by Gasteiger charge is 2.76. The highest BCUT2D eigenvalue weighted by atomic mass is 19.4. The number of imidazole rings is 1. The van der Waals surface area contributed by atoms with Crippen molar-refractivity contribution in [1.82, 2.24) is 14.5 Å². The minimum Gasteiger partial charge on any atom is -0.193 e. The molecule has 4 aromatic rings. The van der Waals surface area contributed by atoms with Crippen molar-refractivity contribution in [3.05, 3.63) is 88.5 Å². The molecule has 1 spiro atoms. The predicted octanol–water partition coefficient (Wildman–Crippen LogP) is 4.39. The third kappa shape index (κ3) is 2.31. The highest BCUT2D eigenvalue weighted by Crippen LogP contribution is 2.52. The second-order valence-electron chi connectivity index (χ2n) is 9.66. The van der Waals surface area contributed by atoms with Gasteiger partial charge in [0.1, 0.15) is 22.2 Å². The molecule has 0 saturated carbocycles. The van der Waals surface area contributed by atoms with Crippen LogP contribution in [0.4, 0.5) is 35.1 Å². The van der Waals surface area contributed by atoms with Crippen LogP contribution in [-0.4, -0.2) is 14.5 Å². The lowest BCUT2D eigenvalue weighted by atomic mass is 9.80. The van der Waals surface area contributed by atoms with E-state index in [0.717, 1.165) is 6.07 Å². The van der Waals surface area contributed by atoms with Crippen LogP contribution in [0.2, 0.25) is 0 Å². The van der Waals surface area contributed by atoms with Gasteiger partial charge in [-0.1, -0.05) is 6.07 Å². The summed E-state index contributed by atoms with van der Waals surface area (Å²) in [6, 6.07) is 9.83. The van der Waals surface area contributed by atoms with Gasteiger partial charge in [-0.25, -0.2) is 0 Å². The van der Waals surface area contributed by atoms with E-state index >= 15 is 4.39 Å². The van der Waals surface area contributed by atoms with Crippen molar-refractivity contribution in [2.24, 2.45) is 0 Å². The molecule has 37 heavy (non-hydrogen) atoms. The Hall–Kier alpha value is -3.90. The fraction of sp³-hybridized carbons (Fsp3) is 0.250. The Morgan fingerprint density at radius 1 is 0.838 bits per heavy atom. The Bertz CT molecular complexity index is 1720. The van der Waals surface area contributed by atoms with E-state index < -0.39 is 52.5 Å². The third-order valence-electron chi connectivity index (χ3n) is 7.42. The molecule has 13 heteroatoms. The van der Waals surface area contributed by atoms with Gasteiger partial charge in [-0.05, 0) is 26.0 Å². The molecule has 0 radical (unpaired) electrons. The van der Waals surface area contributed by atoms with Gasteiger partial charge in [-0.3, -0.25) is 0 Å². The molecular weight excluding hydrogens is 510 g/mol. The number of hydrogen-bond acceptors (Lipinski definition) is 2. The van der Waals surface area contributed by atoms with Crippen LogP contribution in [-0.2, 0) is 23.4 Å². The van der Waals surface area contributed by atoms with Crippen molar-refractivity contribution in [2.45, 2.75) is 37.3 Å². The van der Waals surface area contributed by atoms with Crippen LogP contribution in [0.1, 0.15) is 48.0 Å². The smallest absolute Gasteiger partial charge is 0.193 e. The summed E-state index contributed by atoms with van der Waals surface area (Å²) >= 11 is 0. The van der Waals surface area contributed by atoms with E-state index in [2.05, 4.69) is 9.97 Å². The second-order valence-corrected chi connectivity index (χ2v) is 9.66. The van der Waals surface area contributed by atoms with E-state index in [1.54, 1.807) is 32.0 Å². The molecule has 0 N–H and O–H groups in total. The summed E-state index contributed by atoms with van der Waals surface area (Å²) < 4.78 is 118. The summed E-state index contributed by atoms with van der Waals surface area (Å²) in [6.07, 6.45) is -10.9. The van der Waals surface area contributed by atoms with E-state index in [1.165, 1.54) is 27.3 Å². The third-order valence-corrected chi connectivity index (χ3v) is 7.42. The Morgan fingerprint density at radius 2 is 1.49 bits per heavy atom. The molecule has 3 aliphatic rings. The monoisotopic (exact) mass is 523 g/mol. The lowest BCUT2D eigenvalue weighted by Crippen LogP contribution is -2.79. The van der Waals surface area contributed by atoms with Gasteiger partial charge in [0.25, 0.3) is 5.82 Å². The van der Waals surface area contributed by atoms with Gasteiger partial charge in [0.2, 0.25) is 34.7 Å². The molecule has 0 saturated heterocycles. The van der Waals surface area contributed by atoms with Crippen LogP contribution in [0.3, 0.4) is 0 Å². The molecule has 0 aromatic carbocycles. The number of alkyl halides is 6. The van der Waals surface area contributed by atoms with E-state index in [9.17, 15) is 30.7 Å². The average Bonchev–Trinajstić information content (AvgIpc) is 3.41. The largest absolute Gasteiger partial charge is 0.456 e. The maximum atomic E-state index is 15.3. The zero-order valence-electron chi connectivity index (χ0n) is 18.8. The van der Waals surface area contributed by atoms with E-state index in [-0.39, 0.29) is 22.6 Å². The number of nitrogens with zero attached hydrogens (tertiary/aromatic N) is 5. The number of aromatic nitrogens is 5. The van der Waals surface area contributed by atoms with Crippen molar-refractivity contribution >= 4 is 0 Å². The fourth-order valence-electron chi connectivity index (χ4n) is 6.17. The Morgan fingerprint density at radius 3 is 2.14 bits per heavy atom. The van der Waals surface area contributed by atoms with Gasteiger partial charge in [0, 0.05) is 24.3 Å². The van der Waals surface area contributed by atoms with Crippen LogP contribution in [0.5, 0.6) is 0 Å². The lowest BCUT2D eigenvalue weighted by molar-refractivity contribution is -0.973. The molecular formula is C24H13F8N5+2. The van der Waals surface area contributed by atoms with Gasteiger partial charge in [-0.2, -0.15) is 54.2 Å². The number of hydrogen-bond donors (Lipinski definition) is 0. The molecule has 1 atom stereocenters. The van der Waals surface area contributed by atoms with Crippen LogP contribution in [0.25, 0.3) is 17.1 Å². The van der Waals surface area contributed by atoms with Gasteiger partial charge < -0.3 is 0 Å². The molecule has 7 heterocycles. The molecule has 0 amide bonds. The summed E-state index contributed by atoms with van der Waals surface area (Å²) in [6.45, 7) is 3.57. The fourth-order valence-corrected chi connectivity index (χ4v) is 6.17. The summed E-state index contributed by atoms with van der Waals surface area (Å²) in [5, 5.41) is 0. The van der Waals surface area contributed by atoms with Crippen LogP contribution >= 0.6 is 0 Å². The van der Waals surface area contributed by atoms with Gasteiger partial charge in [0.15, 0.2) is 0 Å². The van der Waals surface area contributed by atoms with Crippen molar-refractivity contribution in [3.63, 3.8) is 0 Å². The zero-order valence-corrected chi connectivity index (χ0v) is 18.8. The Kier molecular flexibility index (Phi) is 3.70. The number of halogens is 8. The summed E-state index contributed by atoms with van der Waals surface area (Å²) in [7, 11) is 0. The molecule has 0 unspecified atom stereocenters. The van der Waals surface area contributed by atoms with E-state index in [4.69, 9.17) is 0 Å². The van der Waals surface area contributed by atoms with Crippen molar-refractivity contribution in [1.29, 1.82) is 0 Å². The maximum Gasteiger partial charge on any atom is 0.456 e. The normalized spacial score (nSPS) is 19.9. The number of pyridine rings is 3. The van der Waals surface area contributed by atoms with Crippen molar-refractivity contribution in [3.8, 4) is 17.1 Å². The standard InChI is InChI=1S/C24H13F8N5/c1-21(2)12-6-3-5-11-16-10(9-14(25)33-19(16)26)22(36(11)12)20-34-17(23(27,28)29)18(24(30,31)32)35(20)15-8-4-7-13(21)37(15)22/h3-9H,1-2H3/q+2/t22-/m0/s1. The minimum atomic E-state index is -5.46. The molecule has 4 aromatic heterocycles. The minimum absolute atomic E-state index is 0.122. The quantitative estimate of drug-likeness (QED) is 0.168. The molecule has 188 valence electrons. The second kappa shape index (κ2) is 6.14. The maximum absolute atomic E-state index is 15.3. The Labute approximate surface area is 202 Å². The summed E-state index contributed by atoms with van der Waals surface area (Å²) in [5.41, 5.74) is -6.56. The Balaban J connectivity index is 1.80. The van der Waals surface area contributed by atoms with Gasteiger partial charge in [0.05, 0.1) is 0 Å². The predicted molar refractivity (Wildman–Crippen MR) is 107 cm³/mol. The topological polar surface area (TPSA) is 38.5 Å². The van der Waals surface area contributed by atoms with Crippen LogP contribution in [0, 0.1) is 11.9 Å². The number of fused-ring (bicyclic) bond motifs is 4. The SMILES string of the molecule is CC1(C)c2cccc3[n+]2[C@]2(c4cc(F)nc(F)c4-3)c3nc(C(F)(F)F)c(C(F)(F)F)n3-c3cccc1[n+]32. The van der Waals surface area contributed by atoms with Gasteiger partial charge in [-0.15, -0.1) is 4.57 Å². The highest BCUT2D eigenvalue weighted by molar-refractivity contribution is 5.67. The number of rotatable bonds is 0. The summed E-state index contributed by atoms with van der Waals surface area (Å²) in [5.74, 6) is -3.47. The first-order valence-electron chi connectivity index (χ1n) is 11.0. The molecule has 3 aliphatic heterocycles. The average molecular weight is 523 g/mol. The van der Waals surface area contributed by atoms with E-state index in [0.29, 0.717) is 16.0 Å². The molecule has 0 bridgehead atoms. The van der Waals surface area contributed by atoms with Crippen LogP contribution in [0.15, 0.2) is 42.5 Å². The van der Waals surface area contributed by atoms with E-state index in [1.807, 2.05) is 0 Å². The first-order chi connectivity index (χ1) is 17.2. The van der Waals surface area contributed by atoms with Gasteiger partial charge >= 0.3 is 23.8 Å². The van der Waals surface area contributed by atoms with Crippen molar-refractivity contribution < 1.29 is 44.3 Å². The first-order valence-corrected chi connectivity index (χ1v) is 11.0. The zero-order chi connectivity index (χ0) is 26.4. The molecule has 7 rings (SSSR count). The first kappa shape index (κ1) is 22.3. The summed E-state index contributed by atoms with van der Waals surface area (Å²) in [4.78, 5) is 6.81. The van der Waals surface area contributed by atoms with Crippen molar-refractivity contribution in [2.75, 3.05) is 0 Å². The molecule has 0 fully saturated rings. The van der Waals surface area contributed by atoms with Crippen LogP contribution < -0.4 is 9.13 Å². The lowest BCUT2D eigenvalue weighted by Gasteiger charge is -2.33. The molecule has 5 nitrogen and oxygen atoms in total. The molecule has 0 aliphatic carbocycles.